The Kier molecular flexibility index (Phi) is 7020. The normalized spacial score (nSPS) is 0.800. The third-order valence-corrected chi connectivity index (χ3v) is 0. The van der Waals surface area contributed by atoms with Crippen molar-refractivity contribution in [2.24, 2.45) is 0 Å². The molecule has 0 atom stereocenters. The third kappa shape index (κ3) is 287. The fourth-order valence-electron chi connectivity index (χ4n) is 0. The molecule has 0 saturated heterocycles. The second kappa shape index (κ2) is 594. The van der Waals surface area contributed by atoms with Gasteiger partial charge in [-0.2, -0.15) is 0 Å². The Balaban J connectivity index is -0.00000000167. The summed E-state index contributed by atoms with van der Waals surface area (Å²) in [4.78, 5) is 0. The summed E-state index contributed by atoms with van der Waals surface area (Å²) >= 11 is 0.700. The molecule has 0 fully saturated rings. The van der Waals surface area contributed by atoms with E-state index in [1.165, 1.54) is 0 Å². The van der Waals surface area contributed by atoms with Crippen molar-refractivity contribution in [2.75, 3.05) is 0 Å². The zero-order valence-electron chi connectivity index (χ0n) is 2.04. The van der Waals surface area contributed by atoms with Crippen LogP contribution in [0.2, 0.25) is 0 Å². The van der Waals surface area contributed by atoms with E-state index in [4.69, 9.17) is 3.40 Å². The first-order chi connectivity index (χ1) is 1.00. The molecule has 0 saturated carbocycles. The van der Waals surface area contributed by atoms with Crippen LogP contribution in [-0.2, 0) is 23.2 Å². The van der Waals surface area contributed by atoms with Crippen molar-refractivity contribution in [3.8, 4) is 0 Å². The Morgan fingerprint density at radius 1 is 0.800 bits per heavy atom. The maximum absolute atomic E-state index is 8.26. The Morgan fingerprint density at radius 3 is 0.800 bits per heavy atom. The average molecular weight is 172 g/mol. The van der Waals surface area contributed by atoms with Gasteiger partial charge in [0.2, 0.25) is 0 Å². The van der Waals surface area contributed by atoms with Crippen LogP contribution in [0.1, 0.15) is 0 Å². The van der Waals surface area contributed by atoms with E-state index in [9.17, 15) is 0 Å². The van der Waals surface area contributed by atoms with Crippen molar-refractivity contribution in [1.29, 1.82) is 0 Å². The Hall–Kier alpha value is 0.278. The molecule has 0 amide bonds. The summed E-state index contributed by atoms with van der Waals surface area (Å²) in [6.07, 6.45) is 0. The van der Waals surface area contributed by atoms with E-state index in [0.717, 1.165) is 0 Å². The van der Waals surface area contributed by atoms with Crippen molar-refractivity contribution < 1.29 is 37.3 Å². The van der Waals surface area contributed by atoms with Crippen LogP contribution in [0.15, 0.2) is 0 Å². The van der Waals surface area contributed by atoms with Crippen molar-refractivity contribution in [3.63, 3.8) is 0 Å². The quantitative estimate of drug-likeness (QED) is 0.481. The Bertz CT molecular complexity index is 6.85. The topological polar surface area (TPSA) is 17.1 Å². The van der Waals surface area contributed by atoms with Gasteiger partial charge < -0.3 is 0 Å². The SMILES string of the molecule is F.F.F.[O]=[Mo]. The molecule has 0 unspecified atom stereocenters. The molecule has 0 aromatic rings. The molecule has 0 N–H and O–H groups in total. The summed E-state index contributed by atoms with van der Waals surface area (Å²) in [7, 11) is 0. The third-order valence-electron chi connectivity index (χ3n) is 0. The minimum atomic E-state index is 0. The predicted octanol–water partition coefficient (Wildman–Crippen LogP) is 0.336. The number of hydrogen-bond donors (Lipinski definition) is 0. The zero-order valence-corrected chi connectivity index (χ0v) is 4.05. The van der Waals surface area contributed by atoms with E-state index in [2.05, 4.69) is 0 Å². The van der Waals surface area contributed by atoms with Gasteiger partial charge in [-0.15, -0.1) is 0 Å². The molecule has 0 aromatic carbocycles. The van der Waals surface area contributed by atoms with E-state index in [1.54, 1.807) is 0 Å². The van der Waals surface area contributed by atoms with Gasteiger partial charge >= 0.3 is 23.2 Å². The number of halogens is 3. The number of rotatable bonds is 0. The fourth-order valence-corrected chi connectivity index (χ4v) is 0. The van der Waals surface area contributed by atoms with E-state index in [-0.39, 0.29) is 14.1 Å². The molecule has 5 heteroatoms. The first-order valence-corrected chi connectivity index (χ1v) is 0.986. The molecule has 0 spiro atoms. The van der Waals surface area contributed by atoms with Gasteiger partial charge in [0.25, 0.3) is 0 Å². The van der Waals surface area contributed by atoms with E-state index in [1.807, 2.05) is 0 Å². The van der Waals surface area contributed by atoms with Gasteiger partial charge in [-0.05, 0) is 0 Å². The molecule has 1 nitrogen and oxygen atoms in total. The van der Waals surface area contributed by atoms with Crippen LogP contribution in [0.5, 0.6) is 0 Å². The summed E-state index contributed by atoms with van der Waals surface area (Å²) < 4.78 is 8.26. The Morgan fingerprint density at radius 2 is 0.800 bits per heavy atom. The van der Waals surface area contributed by atoms with Crippen LogP contribution in [0.3, 0.4) is 0 Å². The van der Waals surface area contributed by atoms with E-state index >= 15 is 0 Å². The molecule has 36 valence electrons. The molecule has 0 aromatic heterocycles. The van der Waals surface area contributed by atoms with Gasteiger partial charge in [-0.3, -0.25) is 14.1 Å². The van der Waals surface area contributed by atoms with Crippen LogP contribution in [0, 0.1) is 0 Å². The van der Waals surface area contributed by atoms with Gasteiger partial charge in [0, 0.05) is 0 Å². The van der Waals surface area contributed by atoms with Gasteiger partial charge in [0.15, 0.2) is 0 Å². The molecule has 0 radical (unpaired) electrons. The second-order valence-electron chi connectivity index (χ2n) is 0. The molecule has 0 aliphatic carbocycles. The van der Waals surface area contributed by atoms with Crippen LogP contribution < -0.4 is 0 Å². The molecular weight excluding hydrogens is 169 g/mol. The summed E-state index contributed by atoms with van der Waals surface area (Å²) in [6, 6.07) is 0. The first-order valence-electron chi connectivity index (χ1n) is 0.167. The van der Waals surface area contributed by atoms with Gasteiger partial charge in [-0.25, -0.2) is 0 Å². The summed E-state index contributed by atoms with van der Waals surface area (Å²) in [5.41, 5.74) is 0. The monoisotopic (exact) mass is 174 g/mol. The van der Waals surface area contributed by atoms with Crippen LogP contribution in [-0.4, -0.2) is 0 Å². The number of hydrogen-bond acceptors (Lipinski definition) is 1. The minimum absolute atomic E-state index is 0. The summed E-state index contributed by atoms with van der Waals surface area (Å²) in [5, 5.41) is 0. The van der Waals surface area contributed by atoms with Crippen molar-refractivity contribution in [2.45, 2.75) is 0 Å². The van der Waals surface area contributed by atoms with Crippen LogP contribution in [0.25, 0.3) is 0 Å². The van der Waals surface area contributed by atoms with Crippen molar-refractivity contribution in [3.05, 3.63) is 0 Å². The molecular formula is H3F3MoO. The van der Waals surface area contributed by atoms with Crippen LogP contribution in [0.4, 0.5) is 14.1 Å². The van der Waals surface area contributed by atoms with Crippen LogP contribution >= 0.6 is 0 Å². The molecule has 0 heterocycles. The van der Waals surface area contributed by atoms with E-state index in [0.29, 0.717) is 19.8 Å². The standard InChI is InChI=1S/3FH.Mo.O/h3*1H;;. The predicted molar refractivity (Wildman–Crippen MR) is 8.20 cm³/mol. The molecule has 0 rings (SSSR count). The second-order valence-corrected chi connectivity index (χ2v) is 0. The average Bonchev–Trinajstić information content (AvgIpc) is 1.00. The maximum atomic E-state index is 8.26. The summed E-state index contributed by atoms with van der Waals surface area (Å²) in [6.45, 7) is 0. The first kappa shape index (κ1) is 59.1. The zero-order chi connectivity index (χ0) is 2.00. The van der Waals surface area contributed by atoms with Gasteiger partial charge in [0.1, 0.15) is 0 Å². The van der Waals surface area contributed by atoms with Crippen molar-refractivity contribution in [1.82, 2.24) is 0 Å². The molecule has 5 heavy (non-hydrogen) atoms. The van der Waals surface area contributed by atoms with E-state index < -0.39 is 0 Å². The Labute approximate surface area is 38.1 Å². The van der Waals surface area contributed by atoms with Crippen molar-refractivity contribution >= 4 is 0 Å². The fraction of sp³-hybridized carbons (Fsp3) is 0. The molecule has 0 aliphatic heterocycles. The summed E-state index contributed by atoms with van der Waals surface area (Å²) in [5.74, 6) is 0. The molecule has 0 aliphatic rings. The van der Waals surface area contributed by atoms with Gasteiger partial charge in [-0.1, -0.05) is 0 Å². The van der Waals surface area contributed by atoms with Gasteiger partial charge in [0.05, 0.1) is 0 Å². The molecule has 0 bridgehead atoms.